The van der Waals surface area contributed by atoms with Crippen molar-refractivity contribution in [2.45, 2.75) is 44.3 Å². The Morgan fingerprint density at radius 3 is 2.47 bits per heavy atom. The Morgan fingerprint density at radius 1 is 1.09 bits per heavy atom. The second kappa shape index (κ2) is 11.5. The molecule has 170 valence electrons. The number of hydrogen-bond acceptors (Lipinski definition) is 8. The molecule has 9 nitrogen and oxygen atoms in total. The fourth-order valence-corrected chi connectivity index (χ4v) is 4.22. The van der Waals surface area contributed by atoms with E-state index >= 15 is 0 Å². The summed E-state index contributed by atoms with van der Waals surface area (Å²) in [7, 11) is 3.25. The Balaban J connectivity index is 1.81. The summed E-state index contributed by atoms with van der Waals surface area (Å²) in [5.74, 6) is 3.67. The van der Waals surface area contributed by atoms with Gasteiger partial charge < -0.3 is 13.9 Å². The number of aromatic nitrogens is 3. The summed E-state index contributed by atoms with van der Waals surface area (Å²) in [6.45, 7) is 2.32. The van der Waals surface area contributed by atoms with Crippen LogP contribution >= 0.6 is 11.8 Å². The quantitative estimate of drug-likeness (QED) is 0.215. The van der Waals surface area contributed by atoms with Crippen LogP contribution in [0.3, 0.4) is 0 Å². The highest BCUT2D eigenvalue weighted by atomic mass is 32.2. The first-order valence-corrected chi connectivity index (χ1v) is 11.2. The number of thioether (sulfide) groups is 1. The van der Waals surface area contributed by atoms with E-state index in [0.717, 1.165) is 35.1 Å². The topological polar surface area (TPSA) is 109 Å². The van der Waals surface area contributed by atoms with Gasteiger partial charge in [0.1, 0.15) is 17.3 Å². The molecule has 0 radical (unpaired) electrons. The number of hydrogen-bond donors (Lipinski definition) is 0. The van der Waals surface area contributed by atoms with Gasteiger partial charge in [-0.2, -0.15) is 0 Å². The molecule has 2 heterocycles. The number of amides is 1. The molecule has 0 atom stereocenters. The minimum absolute atomic E-state index is 0.194. The van der Waals surface area contributed by atoms with Crippen molar-refractivity contribution in [3.05, 3.63) is 46.6 Å². The second-order valence-electron chi connectivity index (χ2n) is 7.09. The first-order chi connectivity index (χ1) is 15.6. The van der Waals surface area contributed by atoms with Crippen molar-refractivity contribution in [1.29, 1.82) is 0 Å². The molecule has 3 rings (SSSR count). The van der Waals surface area contributed by atoms with Crippen LogP contribution < -0.4 is 9.47 Å². The third kappa shape index (κ3) is 5.76. The minimum Gasteiger partial charge on any atom is -0.496 e. The molecular formula is C22H26N4O5S. The van der Waals surface area contributed by atoms with Crippen LogP contribution in [-0.2, 0) is 11.3 Å². The number of carbonyl (C=O) groups excluding carboxylic acids is 1. The normalized spacial score (nSPS) is 10.8. The average Bonchev–Trinajstić information content (AvgIpc) is 3.41. The maximum absolute atomic E-state index is 11.0. The Kier molecular flexibility index (Phi) is 8.43. The van der Waals surface area contributed by atoms with E-state index in [4.69, 9.17) is 13.9 Å². The number of carbonyl (C=O) groups is 1. The fourth-order valence-electron chi connectivity index (χ4n) is 3.28. The Labute approximate surface area is 190 Å². The van der Waals surface area contributed by atoms with Crippen molar-refractivity contribution in [1.82, 2.24) is 14.8 Å². The van der Waals surface area contributed by atoms with E-state index in [-0.39, 0.29) is 6.42 Å². The van der Waals surface area contributed by atoms with Crippen molar-refractivity contribution in [2.24, 2.45) is 5.18 Å². The third-order valence-corrected chi connectivity index (χ3v) is 5.94. The van der Waals surface area contributed by atoms with Crippen LogP contribution in [0.1, 0.15) is 37.0 Å². The molecule has 0 unspecified atom stereocenters. The zero-order valence-electron chi connectivity index (χ0n) is 18.4. The number of ether oxygens (including phenoxy) is 2. The van der Waals surface area contributed by atoms with Gasteiger partial charge in [0.05, 0.1) is 26.3 Å². The number of nitroso groups, excluding NO2 is 1. The molecule has 1 aromatic carbocycles. The van der Waals surface area contributed by atoms with Crippen LogP contribution in [0.25, 0.3) is 11.6 Å². The minimum atomic E-state index is -0.596. The molecule has 0 saturated heterocycles. The van der Waals surface area contributed by atoms with E-state index < -0.39 is 5.91 Å². The number of unbranched alkanes of at least 4 members (excludes halogenated alkanes) is 2. The van der Waals surface area contributed by atoms with Crippen LogP contribution in [0.2, 0.25) is 0 Å². The summed E-state index contributed by atoms with van der Waals surface area (Å²) in [5.41, 5.74) is 0.878. The predicted molar refractivity (Wildman–Crippen MR) is 121 cm³/mol. The van der Waals surface area contributed by atoms with Gasteiger partial charge in [0.25, 0.3) is 5.91 Å². The van der Waals surface area contributed by atoms with Gasteiger partial charge in [-0.1, -0.05) is 24.2 Å². The lowest BCUT2D eigenvalue weighted by Gasteiger charge is -2.15. The van der Waals surface area contributed by atoms with Gasteiger partial charge in [-0.15, -0.1) is 15.1 Å². The summed E-state index contributed by atoms with van der Waals surface area (Å²) >= 11 is 1.58. The van der Waals surface area contributed by atoms with Crippen LogP contribution in [0.15, 0.2) is 45.1 Å². The first-order valence-electron chi connectivity index (χ1n) is 10.3. The monoisotopic (exact) mass is 458 g/mol. The Hall–Kier alpha value is -3.14. The Bertz CT molecular complexity index is 1040. The number of furan rings is 1. The summed E-state index contributed by atoms with van der Waals surface area (Å²) < 4.78 is 18.9. The van der Waals surface area contributed by atoms with Gasteiger partial charge in [0.2, 0.25) is 5.82 Å². The SMILES string of the molecule is COc1cccc(OC)c1Cn1c(SCCCCCC(=O)N=O)nnc1-c1ccc(C)o1. The van der Waals surface area contributed by atoms with E-state index in [1.54, 1.807) is 26.0 Å². The molecule has 0 aliphatic heterocycles. The number of rotatable bonds is 12. The first kappa shape index (κ1) is 23.5. The van der Waals surface area contributed by atoms with Gasteiger partial charge in [-0.05, 0) is 44.0 Å². The number of nitrogens with zero attached hydrogens (tertiary/aromatic N) is 4. The van der Waals surface area contributed by atoms with E-state index in [9.17, 15) is 9.70 Å². The van der Waals surface area contributed by atoms with Crippen LogP contribution in [0, 0.1) is 11.8 Å². The zero-order valence-corrected chi connectivity index (χ0v) is 19.2. The lowest BCUT2D eigenvalue weighted by Crippen LogP contribution is -2.07. The molecule has 0 aliphatic carbocycles. The largest absolute Gasteiger partial charge is 0.496 e. The van der Waals surface area contributed by atoms with Gasteiger partial charge in [0.15, 0.2) is 10.9 Å². The van der Waals surface area contributed by atoms with Crippen molar-refractivity contribution in [3.8, 4) is 23.1 Å². The van der Waals surface area contributed by atoms with Crippen LogP contribution in [0.4, 0.5) is 0 Å². The van der Waals surface area contributed by atoms with Gasteiger partial charge in [-0.25, -0.2) is 0 Å². The molecule has 3 aromatic rings. The Morgan fingerprint density at radius 2 is 1.84 bits per heavy atom. The van der Waals surface area contributed by atoms with Gasteiger partial charge >= 0.3 is 0 Å². The molecule has 0 N–H and O–H groups in total. The second-order valence-corrected chi connectivity index (χ2v) is 8.15. The van der Waals surface area contributed by atoms with Crippen LogP contribution in [-0.4, -0.2) is 40.6 Å². The van der Waals surface area contributed by atoms with Crippen molar-refractivity contribution >= 4 is 17.7 Å². The smallest absolute Gasteiger partial charge is 0.286 e. The molecule has 0 aliphatic rings. The fraction of sp³-hybridized carbons (Fsp3) is 0.409. The summed E-state index contributed by atoms with van der Waals surface area (Å²) in [6, 6.07) is 9.43. The van der Waals surface area contributed by atoms with E-state index in [1.807, 2.05) is 41.8 Å². The highest BCUT2D eigenvalue weighted by Crippen LogP contribution is 2.33. The predicted octanol–water partition coefficient (Wildman–Crippen LogP) is 4.86. The van der Waals surface area contributed by atoms with Crippen molar-refractivity contribution in [2.75, 3.05) is 20.0 Å². The number of aryl methyl sites for hydroxylation is 1. The van der Waals surface area contributed by atoms with E-state index in [2.05, 4.69) is 15.4 Å². The molecule has 1 amide bonds. The van der Waals surface area contributed by atoms with Crippen molar-refractivity contribution < 1.29 is 18.7 Å². The van der Waals surface area contributed by atoms with E-state index in [0.29, 0.717) is 36.0 Å². The molecule has 0 fully saturated rings. The molecule has 0 saturated carbocycles. The maximum atomic E-state index is 11.0. The number of methoxy groups -OCH3 is 2. The lowest BCUT2D eigenvalue weighted by molar-refractivity contribution is -0.118. The van der Waals surface area contributed by atoms with Gasteiger partial charge in [0, 0.05) is 17.4 Å². The molecular weight excluding hydrogens is 432 g/mol. The lowest BCUT2D eigenvalue weighted by atomic mass is 10.1. The standard InChI is InChI=1S/C22H26N4O5S/c1-15-11-12-19(31-15)21-23-24-22(32-13-6-4-5-10-20(27)25-28)26(21)14-16-17(29-2)8-7-9-18(16)30-3/h7-9,11-12H,4-6,10,13-14H2,1-3H3. The summed E-state index contributed by atoms with van der Waals surface area (Å²) in [5, 5.41) is 11.9. The summed E-state index contributed by atoms with van der Waals surface area (Å²) in [4.78, 5) is 21.2. The van der Waals surface area contributed by atoms with Gasteiger partial charge in [-0.3, -0.25) is 9.36 Å². The highest BCUT2D eigenvalue weighted by Gasteiger charge is 2.20. The van der Waals surface area contributed by atoms with Crippen molar-refractivity contribution in [3.63, 3.8) is 0 Å². The zero-order chi connectivity index (χ0) is 22.9. The molecule has 32 heavy (non-hydrogen) atoms. The third-order valence-electron chi connectivity index (χ3n) is 4.89. The molecule has 2 aromatic heterocycles. The summed E-state index contributed by atoms with van der Waals surface area (Å²) in [6.07, 6.45) is 2.54. The van der Waals surface area contributed by atoms with Crippen LogP contribution in [0.5, 0.6) is 11.5 Å². The van der Waals surface area contributed by atoms with E-state index in [1.165, 1.54) is 0 Å². The highest BCUT2D eigenvalue weighted by molar-refractivity contribution is 7.99. The average molecular weight is 459 g/mol. The number of benzene rings is 1. The molecule has 0 spiro atoms. The molecule has 10 heteroatoms. The maximum Gasteiger partial charge on any atom is 0.286 e. The molecule has 0 bridgehead atoms.